The van der Waals surface area contributed by atoms with Gasteiger partial charge in [-0.3, -0.25) is 0 Å². The fraction of sp³-hybridized carbons (Fsp3) is 0.143. The summed E-state index contributed by atoms with van der Waals surface area (Å²) in [5.41, 5.74) is 9.77. The molecular formula is C14H14N4. The molecule has 0 amide bonds. The molecule has 90 valence electrons. The van der Waals surface area contributed by atoms with Crippen molar-refractivity contribution in [3.8, 4) is 6.07 Å². The molecule has 1 aromatic carbocycles. The molecule has 4 heteroatoms. The van der Waals surface area contributed by atoms with Gasteiger partial charge in [-0.1, -0.05) is 12.1 Å². The second-order valence-corrected chi connectivity index (χ2v) is 4.12. The van der Waals surface area contributed by atoms with Crippen LogP contribution < -0.4 is 11.1 Å². The van der Waals surface area contributed by atoms with Crippen molar-refractivity contribution in [2.24, 2.45) is 0 Å². The Labute approximate surface area is 106 Å². The van der Waals surface area contributed by atoms with E-state index in [1.807, 2.05) is 38.1 Å². The molecule has 1 heterocycles. The maximum absolute atomic E-state index is 9.16. The largest absolute Gasteiger partial charge is 0.396 e. The number of hydrogen-bond acceptors (Lipinski definition) is 4. The lowest BCUT2D eigenvalue weighted by molar-refractivity contribution is 1.27. The van der Waals surface area contributed by atoms with Crippen molar-refractivity contribution < 1.29 is 0 Å². The van der Waals surface area contributed by atoms with E-state index in [1.165, 1.54) is 0 Å². The average Bonchev–Trinajstić information content (AvgIpc) is 2.35. The van der Waals surface area contributed by atoms with Gasteiger partial charge in [0, 0.05) is 6.20 Å². The van der Waals surface area contributed by atoms with Gasteiger partial charge >= 0.3 is 0 Å². The van der Waals surface area contributed by atoms with Crippen LogP contribution >= 0.6 is 0 Å². The minimum Gasteiger partial charge on any atom is -0.396 e. The fourth-order valence-electron chi connectivity index (χ4n) is 1.72. The van der Waals surface area contributed by atoms with Crippen molar-refractivity contribution >= 4 is 17.2 Å². The molecule has 3 N–H and O–H groups in total. The van der Waals surface area contributed by atoms with Crippen molar-refractivity contribution in [1.29, 1.82) is 5.26 Å². The number of aryl methyl sites for hydroxylation is 2. The van der Waals surface area contributed by atoms with Crippen LogP contribution in [0.15, 0.2) is 30.5 Å². The summed E-state index contributed by atoms with van der Waals surface area (Å²) in [5.74, 6) is 0.581. The van der Waals surface area contributed by atoms with Gasteiger partial charge in [-0.2, -0.15) is 5.26 Å². The van der Waals surface area contributed by atoms with Crippen molar-refractivity contribution in [3.05, 3.63) is 47.2 Å². The first-order valence-electron chi connectivity index (χ1n) is 5.61. The van der Waals surface area contributed by atoms with Crippen LogP contribution in [0, 0.1) is 25.2 Å². The molecular weight excluding hydrogens is 224 g/mol. The number of rotatable bonds is 2. The van der Waals surface area contributed by atoms with Gasteiger partial charge in [0.2, 0.25) is 0 Å². The molecule has 2 aromatic rings. The molecule has 0 aliphatic rings. The number of nitrogens with two attached hydrogens (primary N) is 1. The summed E-state index contributed by atoms with van der Waals surface area (Å²) >= 11 is 0. The van der Waals surface area contributed by atoms with Gasteiger partial charge in [-0.15, -0.1) is 0 Å². The summed E-state index contributed by atoms with van der Waals surface area (Å²) < 4.78 is 0. The Hall–Kier alpha value is -2.54. The molecule has 0 saturated carbocycles. The Kier molecular flexibility index (Phi) is 3.16. The van der Waals surface area contributed by atoms with Crippen LogP contribution in [-0.2, 0) is 0 Å². The molecule has 0 radical (unpaired) electrons. The van der Waals surface area contributed by atoms with E-state index < -0.39 is 0 Å². The summed E-state index contributed by atoms with van der Waals surface area (Å²) in [5, 5.41) is 12.3. The lowest BCUT2D eigenvalue weighted by Gasteiger charge is -2.12. The Balaban J connectivity index is 2.44. The lowest BCUT2D eigenvalue weighted by Crippen LogP contribution is -2.02. The van der Waals surface area contributed by atoms with Gasteiger partial charge < -0.3 is 11.1 Å². The van der Waals surface area contributed by atoms with E-state index in [9.17, 15) is 0 Å². The zero-order chi connectivity index (χ0) is 13.1. The molecule has 0 atom stereocenters. The molecule has 2 rings (SSSR count). The van der Waals surface area contributed by atoms with Gasteiger partial charge in [0.25, 0.3) is 0 Å². The summed E-state index contributed by atoms with van der Waals surface area (Å²) in [6.07, 6.45) is 1.69. The van der Waals surface area contributed by atoms with Gasteiger partial charge in [-0.05, 0) is 37.1 Å². The quantitative estimate of drug-likeness (QED) is 0.843. The summed E-state index contributed by atoms with van der Waals surface area (Å²) in [4.78, 5) is 4.19. The third-order valence-electron chi connectivity index (χ3n) is 2.85. The Morgan fingerprint density at radius 3 is 2.72 bits per heavy atom. The highest BCUT2D eigenvalue weighted by Crippen LogP contribution is 2.26. The summed E-state index contributed by atoms with van der Waals surface area (Å²) in [6.45, 7) is 3.82. The molecule has 0 saturated heterocycles. The minimum atomic E-state index is 0.581. The predicted octanol–water partition coefficient (Wildman–Crippen LogP) is 2.90. The number of nitriles is 1. The SMILES string of the molecule is Cc1ccnc(Nc2cccc(C)c2C#N)c1N. The standard InChI is InChI=1S/C14H14N4/c1-9-4-3-5-12(11(9)8-15)18-14-13(16)10(2)6-7-17-14/h3-7H,16H2,1-2H3,(H,17,18). The smallest absolute Gasteiger partial charge is 0.153 e. The van der Waals surface area contributed by atoms with Crippen LogP contribution in [0.4, 0.5) is 17.2 Å². The number of hydrogen-bond donors (Lipinski definition) is 2. The van der Waals surface area contributed by atoms with Crippen molar-refractivity contribution in [2.45, 2.75) is 13.8 Å². The number of aromatic nitrogens is 1. The number of pyridine rings is 1. The number of anilines is 3. The molecule has 0 unspecified atom stereocenters. The molecule has 0 bridgehead atoms. The molecule has 1 aromatic heterocycles. The highest BCUT2D eigenvalue weighted by molar-refractivity contribution is 5.74. The van der Waals surface area contributed by atoms with Gasteiger partial charge in [0.15, 0.2) is 5.82 Å². The number of nitrogens with zero attached hydrogens (tertiary/aromatic N) is 2. The summed E-state index contributed by atoms with van der Waals surface area (Å²) in [7, 11) is 0. The minimum absolute atomic E-state index is 0.581. The number of nitrogen functional groups attached to an aromatic ring is 1. The first kappa shape index (κ1) is 11.9. The van der Waals surface area contributed by atoms with E-state index in [1.54, 1.807) is 6.20 Å². The maximum Gasteiger partial charge on any atom is 0.153 e. The fourth-order valence-corrected chi connectivity index (χ4v) is 1.72. The molecule has 4 nitrogen and oxygen atoms in total. The van der Waals surface area contributed by atoms with Gasteiger partial charge in [0.05, 0.1) is 16.9 Å². The van der Waals surface area contributed by atoms with Crippen LogP contribution in [0.25, 0.3) is 0 Å². The Morgan fingerprint density at radius 2 is 2.00 bits per heavy atom. The zero-order valence-corrected chi connectivity index (χ0v) is 10.4. The maximum atomic E-state index is 9.16. The van der Waals surface area contributed by atoms with Crippen LogP contribution in [0.2, 0.25) is 0 Å². The van der Waals surface area contributed by atoms with Gasteiger partial charge in [0.1, 0.15) is 6.07 Å². The molecule has 0 aliphatic heterocycles. The van der Waals surface area contributed by atoms with Crippen LogP contribution in [0.3, 0.4) is 0 Å². The Morgan fingerprint density at radius 1 is 1.22 bits per heavy atom. The first-order valence-corrected chi connectivity index (χ1v) is 5.61. The summed E-state index contributed by atoms with van der Waals surface area (Å²) in [6, 6.07) is 9.67. The third kappa shape index (κ3) is 2.11. The van der Waals surface area contributed by atoms with Crippen LogP contribution in [0.5, 0.6) is 0 Å². The van der Waals surface area contributed by atoms with E-state index in [-0.39, 0.29) is 0 Å². The highest BCUT2D eigenvalue weighted by atomic mass is 15.0. The molecule has 0 fully saturated rings. The lowest BCUT2D eigenvalue weighted by atomic mass is 10.1. The van der Waals surface area contributed by atoms with E-state index in [2.05, 4.69) is 16.4 Å². The van der Waals surface area contributed by atoms with Gasteiger partial charge in [-0.25, -0.2) is 4.98 Å². The third-order valence-corrected chi connectivity index (χ3v) is 2.85. The number of nitrogens with one attached hydrogen (secondary N) is 1. The van der Waals surface area contributed by atoms with Crippen molar-refractivity contribution in [1.82, 2.24) is 4.98 Å². The van der Waals surface area contributed by atoms with E-state index in [0.29, 0.717) is 17.1 Å². The number of benzene rings is 1. The van der Waals surface area contributed by atoms with Crippen LogP contribution in [0.1, 0.15) is 16.7 Å². The average molecular weight is 238 g/mol. The van der Waals surface area contributed by atoms with E-state index >= 15 is 0 Å². The second-order valence-electron chi connectivity index (χ2n) is 4.12. The predicted molar refractivity (Wildman–Crippen MR) is 72.6 cm³/mol. The zero-order valence-electron chi connectivity index (χ0n) is 10.4. The molecule has 18 heavy (non-hydrogen) atoms. The second kappa shape index (κ2) is 4.76. The normalized spacial score (nSPS) is 9.83. The highest BCUT2D eigenvalue weighted by Gasteiger charge is 2.08. The monoisotopic (exact) mass is 238 g/mol. The topological polar surface area (TPSA) is 74.7 Å². The first-order chi connectivity index (χ1) is 8.63. The van der Waals surface area contributed by atoms with Crippen molar-refractivity contribution in [3.63, 3.8) is 0 Å². The van der Waals surface area contributed by atoms with E-state index in [4.69, 9.17) is 11.0 Å². The Bertz CT molecular complexity index is 626. The molecule has 0 spiro atoms. The molecule has 0 aliphatic carbocycles. The van der Waals surface area contributed by atoms with Crippen LogP contribution in [-0.4, -0.2) is 4.98 Å². The van der Waals surface area contributed by atoms with Crippen molar-refractivity contribution in [2.75, 3.05) is 11.1 Å². The van der Waals surface area contributed by atoms with E-state index in [0.717, 1.165) is 16.8 Å².